The van der Waals surface area contributed by atoms with Gasteiger partial charge in [0.05, 0.1) is 0 Å². The monoisotopic (exact) mass is 814 g/mol. The first-order chi connectivity index (χ1) is 24.0. The summed E-state index contributed by atoms with van der Waals surface area (Å²) in [7, 11) is 0. The fourth-order valence-electron chi connectivity index (χ4n) is 8.05. The van der Waals surface area contributed by atoms with Crippen molar-refractivity contribution in [3.05, 3.63) is 171 Å². The molecule has 3 heteroatoms. The van der Waals surface area contributed by atoms with E-state index in [1.165, 1.54) is 77.9 Å². The molecule has 5 aromatic rings. The van der Waals surface area contributed by atoms with Crippen LogP contribution in [0, 0.1) is 13.0 Å². The van der Waals surface area contributed by atoms with Crippen molar-refractivity contribution in [2.24, 2.45) is 0 Å². The quantitative estimate of drug-likeness (QED) is 0.175. The van der Waals surface area contributed by atoms with Crippen molar-refractivity contribution in [3.8, 4) is 11.1 Å². The SMILES string of the molecule is CC1=[C-]C(C)(C)c2cc3c(cc21)-c1cc2c(cc1C3)C(C)(C)C=C2C.Cc1cc(C(C)(C)C)c[cH-]1.[Cl-].[Cl-].[Zr+2]=[C](Cc1ccccc1)Cc1ccccc1. The van der Waals surface area contributed by atoms with Gasteiger partial charge in [0.25, 0.3) is 0 Å². The summed E-state index contributed by atoms with van der Waals surface area (Å²) in [4.78, 5) is 0. The van der Waals surface area contributed by atoms with Crippen molar-refractivity contribution in [3.63, 3.8) is 0 Å². The van der Waals surface area contributed by atoms with Crippen LogP contribution in [0.4, 0.5) is 0 Å². The van der Waals surface area contributed by atoms with E-state index in [4.69, 9.17) is 0 Å². The number of halogens is 2. The molecule has 0 heterocycles. The molecule has 8 rings (SSSR count). The molecule has 0 aromatic heterocycles. The summed E-state index contributed by atoms with van der Waals surface area (Å²) in [6.07, 6.45) is 9.37. The third kappa shape index (κ3) is 9.65. The van der Waals surface area contributed by atoms with Gasteiger partial charge >= 0.3 is 112 Å². The number of fused-ring (bicyclic) bond motifs is 5. The van der Waals surface area contributed by atoms with Crippen LogP contribution < -0.4 is 24.8 Å². The first-order valence-corrected chi connectivity index (χ1v) is 19.8. The topological polar surface area (TPSA) is 0 Å². The molecule has 0 fully saturated rings. The van der Waals surface area contributed by atoms with E-state index in [9.17, 15) is 0 Å². The van der Waals surface area contributed by atoms with Gasteiger partial charge in [0.1, 0.15) is 0 Å². The summed E-state index contributed by atoms with van der Waals surface area (Å²) in [5.41, 5.74) is 20.5. The molecule has 0 saturated carbocycles. The maximum atomic E-state index is 3.65. The first-order valence-electron chi connectivity index (χ1n) is 18.6. The molecule has 0 N–H and O–H groups in total. The van der Waals surface area contributed by atoms with Gasteiger partial charge in [-0.25, -0.2) is 11.6 Å². The van der Waals surface area contributed by atoms with Crippen LogP contribution in [0.3, 0.4) is 0 Å². The zero-order valence-electron chi connectivity index (χ0n) is 33.3. The second-order valence-corrected chi connectivity index (χ2v) is 18.8. The zero-order chi connectivity index (χ0) is 36.7. The molecule has 3 aliphatic carbocycles. The van der Waals surface area contributed by atoms with Gasteiger partial charge in [-0.15, -0.1) is 11.6 Å². The number of hydrogen-bond acceptors (Lipinski definition) is 0. The van der Waals surface area contributed by atoms with Gasteiger partial charge in [-0.1, -0.05) is 91.4 Å². The van der Waals surface area contributed by atoms with Crippen LogP contribution in [0.2, 0.25) is 0 Å². The van der Waals surface area contributed by atoms with Crippen molar-refractivity contribution in [2.75, 3.05) is 0 Å². The summed E-state index contributed by atoms with van der Waals surface area (Å²) in [6, 6.07) is 37.8. The summed E-state index contributed by atoms with van der Waals surface area (Å²) < 4.78 is 1.60. The number of rotatable bonds is 4. The summed E-state index contributed by atoms with van der Waals surface area (Å²) in [5, 5.41) is 0. The van der Waals surface area contributed by atoms with Crippen LogP contribution in [0.15, 0.2) is 109 Å². The van der Waals surface area contributed by atoms with E-state index in [1.807, 2.05) is 0 Å². The Morgan fingerprint density at radius 3 is 1.68 bits per heavy atom. The van der Waals surface area contributed by atoms with E-state index in [0.717, 1.165) is 19.3 Å². The second-order valence-electron chi connectivity index (χ2n) is 17.1. The molecule has 0 unspecified atom stereocenters. The Hall–Kier alpha value is -2.96. The fraction of sp³-hybridized carbons (Fsp3) is 0.320. The van der Waals surface area contributed by atoms with Gasteiger partial charge in [0.2, 0.25) is 0 Å². The Bertz CT molecular complexity index is 2010. The number of aryl methyl sites for hydroxylation is 1. The maximum absolute atomic E-state index is 3.65. The molecule has 0 atom stereocenters. The third-order valence-corrected chi connectivity index (χ3v) is 11.6. The van der Waals surface area contributed by atoms with Gasteiger partial charge in [0.15, 0.2) is 0 Å². The first kappa shape index (κ1) is 42.8. The Morgan fingerprint density at radius 2 is 1.21 bits per heavy atom. The molecule has 0 nitrogen and oxygen atoms in total. The minimum atomic E-state index is 0. The van der Waals surface area contributed by atoms with Gasteiger partial charge in [-0.3, -0.25) is 6.08 Å². The van der Waals surface area contributed by atoms with E-state index in [-0.39, 0.29) is 35.6 Å². The third-order valence-electron chi connectivity index (χ3n) is 10.7. The van der Waals surface area contributed by atoms with E-state index >= 15 is 0 Å². The predicted molar refractivity (Wildman–Crippen MR) is 217 cm³/mol. The van der Waals surface area contributed by atoms with Gasteiger partial charge in [-0.2, -0.15) is 28.8 Å². The predicted octanol–water partition coefficient (Wildman–Crippen LogP) is 6.66. The molecule has 0 spiro atoms. The van der Waals surface area contributed by atoms with Crippen LogP contribution in [-0.4, -0.2) is 3.21 Å². The Morgan fingerprint density at radius 1 is 0.698 bits per heavy atom. The molecule has 3 aliphatic rings. The fourth-order valence-corrected chi connectivity index (χ4v) is 9.05. The van der Waals surface area contributed by atoms with E-state index in [2.05, 4.69) is 185 Å². The molecule has 0 radical (unpaired) electrons. The minimum absolute atomic E-state index is 0. The summed E-state index contributed by atoms with van der Waals surface area (Å²) in [5.74, 6) is 0. The number of hydrogen-bond donors (Lipinski definition) is 0. The summed E-state index contributed by atoms with van der Waals surface area (Å²) in [6.45, 7) is 22.5. The standard InChI is InChI=1S/C25H25.C15H14.C10H15.2ClH.Zr/c1-14-12-24(3,4)22-8-16-7-17-9-23-19(15(2)13-25(23,5)6)11-21(17)20(16)10-18(14)22;1-3-8-14(9-4-1)12-7-13-15-10-5-2-6-11-15;1-8-5-6-9(7-8)10(2,3)4;;;/h8-12H,7H2,1-6H3;1-6,8-11H,12-13H2;5-7H,1-4H3;2*1H;/q-1;;-1;;;+2/p-2. The van der Waals surface area contributed by atoms with Gasteiger partial charge < -0.3 is 24.8 Å². The van der Waals surface area contributed by atoms with E-state index in [1.54, 1.807) is 27.4 Å². The molecule has 0 saturated heterocycles. The van der Waals surface area contributed by atoms with Gasteiger partial charge in [0, 0.05) is 5.41 Å². The van der Waals surface area contributed by atoms with Crippen LogP contribution in [-0.2, 0) is 59.7 Å². The molecule has 53 heavy (non-hydrogen) atoms. The van der Waals surface area contributed by atoms with Crippen LogP contribution in [0.5, 0.6) is 0 Å². The van der Waals surface area contributed by atoms with E-state index < -0.39 is 0 Å². The molecule has 0 bridgehead atoms. The Balaban J connectivity index is 0.000000194. The van der Waals surface area contributed by atoms with Crippen molar-refractivity contribution in [1.29, 1.82) is 0 Å². The molecule has 5 aromatic carbocycles. The normalized spacial score (nSPS) is 15.0. The Kier molecular flexibility index (Phi) is 13.6. The van der Waals surface area contributed by atoms with Crippen molar-refractivity contribution in [1.82, 2.24) is 0 Å². The molecular formula is C50H54Cl2Zr-2. The number of benzene rings is 4. The summed E-state index contributed by atoms with van der Waals surface area (Å²) >= 11 is 1.55. The molecule has 274 valence electrons. The van der Waals surface area contributed by atoms with Crippen LogP contribution in [0.1, 0.15) is 118 Å². The zero-order valence-corrected chi connectivity index (χ0v) is 37.2. The molecule has 0 amide bonds. The van der Waals surface area contributed by atoms with Gasteiger partial charge in [-0.05, 0) is 58.4 Å². The average Bonchev–Trinajstić information content (AvgIpc) is 3.78. The molecule has 0 aliphatic heterocycles. The van der Waals surface area contributed by atoms with E-state index in [0.29, 0.717) is 5.41 Å². The molecular weight excluding hydrogens is 763 g/mol. The van der Waals surface area contributed by atoms with Crippen molar-refractivity contribution < 1.29 is 49.0 Å². The second kappa shape index (κ2) is 16.8. The van der Waals surface area contributed by atoms with Crippen LogP contribution >= 0.6 is 0 Å². The van der Waals surface area contributed by atoms with Crippen LogP contribution in [0.25, 0.3) is 22.3 Å². The Labute approximate surface area is 347 Å². The number of allylic oxidation sites excluding steroid dienone is 4. The van der Waals surface area contributed by atoms with Crippen molar-refractivity contribution in [2.45, 2.75) is 105 Å². The van der Waals surface area contributed by atoms with Crippen molar-refractivity contribution >= 4 is 14.4 Å². The average molecular weight is 817 g/mol.